The summed E-state index contributed by atoms with van der Waals surface area (Å²) >= 11 is 1.59. The Morgan fingerprint density at radius 3 is 2.67 bits per heavy atom. The second kappa shape index (κ2) is 4.78. The fourth-order valence-corrected chi connectivity index (χ4v) is 2.51. The van der Waals surface area contributed by atoms with E-state index in [4.69, 9.17) is 10.3 Å². The van der Waals surface area contributed by atoms with Crippen molar-refractivity contribution in [1.82, 2.24) is 5.06 Å². The molecule has 0 spiro atoms. The summed E-state index contributed by atoms with van der Waals surface area (Å²) < 4.78 is 5.57. The Kier molecular flexibility index (Phi) is 3.89. The predicted molar refractivity (Wildman–Crippen MR) is 63.9 cm³/mol. The Labute approximate surface area is 94.7 Å². The standard InChI is InChI=1S/C9H16N2O2SSi/c1-15(2,3)13-11(9(10)12)6-8-4-5-14-7-8/h4-5,7H,6H2,1-3H3,(H2,10,12). The van der Waals surface area contributed by atoms with E-state index in [-0.39, 0.29) is 0 Å². The van der Waals surface area contributed by atoms with Crippen LogP contribution < -0.4 is 5.73 Å². The van der Waals surface area contributed by atoms with Gasteiger partial charge in [0.15, 0.2) is 0 Å². The van der Waals surface area contributed by atoms with Crippen molar-refractivity contribution in [2.75, 3.05) is 0 Å². The molecule has 84 valence electrons. The zero-order valence-electron chi connectivity index (χ0n) is 9.19. The minimum atomic E-state index is -1.79. The van der Waals surface area contributed by atoms with Gasteiger partial charge < -0.3 is 10.3 Å². The van der Waals surface area contributed by atoms with Crippen molar-refractivity contribution in [1.29, 1.82) is 0 Å². The number of hydrogen-bond acceptors (Lipinski definition) is 3. The molecule has 1 rings (SSSR count). The second-order valence-corrected chi connectivity index (χ2v) is 9.40. The summed E-state index contributed by atoms with van der Waals surface area (Å²) in [6.07, 6.45) is 0. The molecule has 0 fully saturated rings. The van der Waals surface area contributed by atoms with E-state index in [1.807, 2.05) is 36.5 Å². The van der Waals surface area contributed by atoms with Gasteiger partial charge in [0.05, 0.1) is 6.54 Å². The van der Waals surface area contributed by atoms with Gasteiger partial charge in [-0.05, 0) is 42.0 Å². The highest BCUT2D eigenvalue weighted by atomic mass is 32.1. The van der Waals surface area contributed by atoms with E-state index in [1.54, 1.807) is 11.3 Å². The highest BCUT2D eigenvalue weighted by molar-refractivity contribution is 7.07. The number of rotatable bonds is 4. The molecule has 0 aromatic carbocycles. The van der Waals surface area contributed by atoms with Gasteiger partial charge in [0.1, 0.15) is 0 Å². The molecular formula is C9H16N2O2SSi. The van der Waals surface area contributed by atoms with Crippen molar-refractivity contribution in [2.24, 2.45) is 5.73 Å². The van der Waals surface area contributed by atoms with Crippen LogP contribution in [0, 0.1) is 0 Å². The summed E-state index contributed by atoms with van der Waals surface area (Å²) in [6.45, 7) is 6.45. The molecule has 1 aromatic rings. The van der Waals surface area contributed by atoms with Gasteiger partial charge >= 0.3 is 6.03 Å². The number of urea groups is 1. The molecule has 0 saturated carbocycles. The predicted octanol–water partition coefficient (Wildman–Crippen LogP) is 2.40. The summed E-state index contributed by atoms with van der Waals surface area (Å²) in [5.41, 5.74) is 6.29. The van der Waals surface area contributed by atoms with Crippen molar-refractivity contribution >= 4 is 25.7 Å². The molecule has 4 nitrogen and oxygen atoms in total. The molecule has 2 N–H and O–H groups in total. The van der Waals surface area contributed by atoms with E-state index < -0.39 is 14.3 Å². The first-order valence-electron chi connectivity index (χ1n) is 4.65. The van der Waals surface area contributed by atoms with E-state index >= 15 is 0 Å². The summed E-state index contributed by atoms with van der Waals surface area (Å²) in [7, 11) is -1.79. The van der Waals surface area contributed by atoms with Gasteiger partial charge in [-0.1, -0.05) is 0 Å². The highest BCUT2D eigenvalue weighted by Gasteiger charge is 2.22. The lowest BCUT2D eigenvalue weighted by Gasteiger charge is -2.27. The minimum Gasteiger partial charge on any atom is -0.350 e. The number of hydroxylamine groups is 2. The van der Waals surface area contributed by atoms with Crippen LogP contribution in [-0.2, 0) is 11.1 Å². The highest BCUT2D eigenvalue weighted by Crippen LogP contribution is 2.13. The lowest BCUT2D eigenvalue weighted by molar-refractivity contribution is -0.0254. The first kappa shape index (κ1) is 12.2. The number of thiophene rings is 1. The number of amides is 2. The van der Waals surface area contributed by atoms with Crippen LogP contribution in [0.25, 0.3) is 0 Å². The molecular weight excluding hydrogens is 228 g/mol. The molecule has 0 unspecified atom stereocenters. The topological polar surface area (TPSA) is 55.6 Å². The Bertz CT molecular complexity index is 321. The fourth-order valence-electron chi connectivity index (χ4n) is 1.03. The quantitative estimate of drug-likeness (QED) is 0.653. The Morgan fingerprint density at radius 1 is 1.60 bits per heavy atom. The number of carbonyl (C=O) groups excluding carboxylic acids is 1. The number of nitrogens with two attached hydrogens (primary N) is 1. The monoisotopic (exact) mass is 244 g/mol. The Balaban J connectivity index is 2.63. The summed E-state index contributed by atoms with van der Waals surface area (Å²) in [4.78, 5) is 11.2. The van der Waals surface area contributed by atoms with E-state index in [0.29, 0.717) is 6.54 Å². The van der Waals surface area contributed by atoms with Gasteiger partial charge in [0.2, 0.25) is 8.32 Å². The van der Waals surface area contributed by atoms with Crippen LogP contribution in [0.2, 0.25) is 19.6 Å². The maximum Gasteiger partial charge on any atom is 0.338 e. The van der Waals surface area contributed by atoms with Gasteiger partial charge in [-0.2, -0.15) is 11.3 Å². The minimum absolute atomic E-state index is 0.420. The summed E-state index contributed by atoms with van der Waals surface area (Å²) in [5.74, 6) is 0. The van der Waals surface area contributed by atoms with Crippen molar-refractivity contribution < 1.29 is 9.32 Å². The van der Waals surface area contributed by atoms with Crippen molar-refractivity contribution in [3.05, 3.63) is 22.4 Å². The third-order valence-electron chi connectivity index (χ3n) is 1.54. The van der Waals surface area contributed by atoms with E-state index in [1.165, 1.54) is 5.06 Å². The van der Waals surface area contributed by atoms with Crippen LogP contribution in [0.3, 0.4) is 0 Å². The van der Waals surface area contributed by atoms with Crippen LogP contribution in [0.4, 0.5) is 4.79 Å². The maximum absolute atomic E-state index is 11.2. The SMILES string of the molecule is C[Si](C)(C)ON(Cc1ccsc1)C(N)=O. The lowest BCUT2D eigenvalue weighted by atomic mass is 10.3. The molecule has 15 heavy (non-hydrogen) atoms. The average Bonchev–Trinajstić information content (AvgIpc) is 2.52. The first-order valence-corrected chi connectivity index (χ1v) is 9.01. The average molecular weight is 244 g/mol. The lowest BCUT2D eigenvalue weighted by Crippen LogP contribution is -2.43. The third-order valence-corrected chi connectivity index (χ3v) is 3.04. The van der Waals surface area contributed by atoms with Gasteiger partial charge in [0.25, 0.3) is 0 Å². The van der Waals surface area contributed by atoms with Crippen molar-refractivity contribution in [3.63, 3.8) is 0 Å². The zero-order valence-corrected chi connectivity index (χ0v) is 11.0. The molecule has 0 saturated heterocycles. The number of hydrogen-bond donors (Lipinski definition) is 1. The first-order chi connectivity index (χ1) is 6.88. The second-order valence-electron chi connectivity index (χ2n) is 4.21. The molecule has 2 amide bonds. The van der Waals surface area contributed by atoms with E-state index in [0.717, 1.165) is 5.56 Å². The summed E-state index contributed by atoms with van der Waals surface area (Å²) in [6, 6.07) is 1.41. The normalized spacial score (nSPS) is 11.4. The van der Waals surface area contributed by atoms with Crippen LogP contribution in [0.15, 0.2) is 16.8 Å². The molecule has 6 heteroatoms. The molecule has 1 aromatic heterocycles. The molecule has 0 radical (unpaired) electrons. The van der Waals surface area contributed by atoms with E-state index in [9.17, 15) is 4.79 Å². The van der Waals surface area contributed by atoms with Crippen LogP contribution in [-0.4, -0.2) is 19.4 Å². The molecule has 0 atom stereocenters. The van der Waals surface area contributed by atoms with Gasteiger partial charge in [-0.25, -0.2) is 9.86 Å². The molecule has 0 bridgehead atoms. The number of carbonyl (C=O) groups is 1. The van der Waals surface area contributed by atoms with Gasteiger partial charge in [-0.15, -0.1) is 0 Å². The maximum atomic E-state index is 11.2. The van der Waals surface area contributed by atoms with Crippen LogP contribution in [0.5, 0.6) is 0 Å². The zero-order chi connectivity index (χ0) is 11.5. The third kappa shape index (κ3) is 4.46. The molecule has 1 heterocycles. The van der Waals surface area contributed by atoms with Crippen LogP contribution in [0.1, 0.15) is 5.56 Å². The van der Waals surface area contributed by atoms with Crippen LogP contribution >= 0.6 is 11.3 Å². The molecule has 0 aliphatic heterocycles. The molecule has 0 aliphatic carbocycles. The smallest absolute Gasteiger partial charge is 0.338 e. The van der Waals surface area contributed by atoms with Gasteiger partial charge in [-0.3, -0.25) is 0 Å². The summed E-state index contributed by atoms with van der Waals surface area (Å²) in [5, 5.41) is 5.18. The number of nitrogens with zero attached hydrogens (tertiary/aromatic N) is 1. The van der Waals surface area contributed by atoms with Crippen molar-refractivity contribution in [2.45, 2.75) is 26.2 Å². The molecule has 0 aliphatic rings. The number of primary amides is 1. The Morgan fingerprint density at radius 2 is 2.27 bits per heavy atom. The van der Waals surface area contributed by atoms with Gasteiger partial charge in [0, 0.05) is 0 Å². The fraction of sp³-hybridized carbons (Fsp3) is 0.444. The largest absolute Gasteiger partial charge is 0.350 e. The van der Waals surface area contributed by atoms with E-state index in [2.05, 4.69) is 0 Å². The van der Waals surface area contributed by atoms with Crippen molar-refractivity contribution in [3.8, 4) is 0 Å². The Hall–Kier alpha value is -0.853.